The lowest BCUT2D eigenvalue weighted by Crippen LogP contribution is -2.56. The molecule has 0 spiro atoms. The molecule has 0 bridgehead atoms. The van der Waals surface area contributed by atoms with Crippen LogP contribution in [-0.2, 0) is 13.1 Å². The predicted octanol–water partition coefficient (Wildman–Crippen LogP) is 5.48. The molecule has 3 atom stereocenters. The smallest absolute Gasteiger partial charge is 0.335 e. The second-order valence-corrected chi connectivity index (χ2v) is 11.6. The minimum Gasteiger partial charge on any atom is -0.508 e. The van der Waals surface area contributed by atoms with Crippen molar-refractivity contribution in [3.05, 3.63) is 131 Å². The average Bonchev–Trinajstić information content (AvgIpc) is 3.48. The Bertz CT molecular complexity index is 1720. The minimum atomic E-state index is -0.970. The van der Waals surface area contributed by atoms with Crippen LogP contribution < -0.4 is 0 Å². The van der Waals surface area contributed by atoms with Crippen LogP contribution in [0.25, 0.3) is 11.4 Å². The van der Waals surface area contributed by atoms with Gasteiger partial charge in [-0.2, -0.15) is 0 Å². The summed E-state index contributed by atoms with van der Waals surface area (Å²) >= 11 is 0. The molecule has 44 heavy (non-hydrogen) atoms. The van der Waals surface area contributed by atoms with Crippen LogP contribution in [0, 0.1) is 0 Å². The Kier molecular flexibility index (Phi) is 8.49. The number of carboxylic acids is 1. The highest BCUT2D eigenvalue weighted by Crippen LogP contribution is 2.35. The van der Waals surface area contributed by atoms with Crippen LogP contribution in [0.3, 0.4) is 0 Å². The van der Waals surface area contributed by atoms with Gasteiger partial charge in [0.15, 0.2) is 5.82 Å². The number of aromatic nitrogens is 4. The van der Waals surface area contributed by atoms with E-state index in [1.165, 1.54) is 5.56 Å². The quantitative estimate of drug-likeness (QED) is 0.233. The lowest BCUT2D eigenvalue weighted by molar-refractivity contribution is 0.0195. The maximum Gasteiger partial charge on any atom is 0.335 e. The molecule has 0 aliphatic carbocycles. The number of tetrazole rings is 1. The van der Waals surface area contributed by atoms with E-state index >= 15 is 0 Å². The molecule has 1 aliphatic heterocycles. The van der Waals surface area contributed by atoms with Crippen molar-refractivity contribution >= 4 is 5.97 Å². The molecular formula is C35H36N6O3. The molecule has 1 aromatic heterocycles. The molecule has 1 saturated heterocycles. The van der Waals surface area contributed by atoms with Gasteiger partial charge in [0.05, 0.1) is 18.2 Å². The predicted molar refractivity (Wildman–Crippen MR) is 168 cm³/mol. The zero-order valence-corrected chi connectivity index (χ0v) is 24.9. The minimum absolute atomic E-state index is 0.0535. The largest absolute Gasteiger partial charge is 0.508 e. The third-order valence-corrected chi connectivity index (χ3v) is 8.43. The van der Waals surface area contributed by atoms with Gasteiger partial charge in [-0.1, -0.05) is 78.9 Å². The number of carbonyl (C=O) groups is 1. The number of benzene rings is 4. The van der Waals surface area contributed by atoms with Crippen molar-refractivity contribution in [1.29, 1.82) is 0 Å². The van der Waals surface area contributed by atoms with Crippen molar-refractivity contribution in [2.24, 2.45) is 0 Å². The fraction of sp³-hybridized carbons (Fsp3) is 0.257. The third-order valence-electron chi connectivity index (χ3n) is 8.43. The molecule has 2 heterocycles. The van der Waals surface area contributed by atoms with E-state index in [1.807, 2.05) is 30.3 Å². The van der Waals surface area contributed by atoms with E-state index in [0.717, 1.165) is 41.9 Å². The summed E-state index contributed by atoms with van der Waals surface area (Å²) in [5, 5.41) is 32.1. The SMILES string of the molecule is C[C@@H]1CN([C@H](c2ccc(-c3nnnn3Cc3cccc(C(=O)O)c3)cc2)c2cccc(O)c2)[C@@H](C)CN1Cc1ccccc1. The summed E-state index contributed by atoms with van der Waals surface area (Å²) in [5.41, 5.74) is 5.35. The molecule has 4 aromatic carbocycles. The van der Waals surface area contributed by atoms with Gasteiger partial charge in [0, 0.05) is 37.3 Å². The van der Waals surface area contributed by atoms with Crippen LogP contribution in [0.5, 0.6) is 5.75 Å². The topological polar surface area (TPSA) is 108 Å². The van der Waals surface area contributed by atoms with E-state index in [4.69, 9.17) is 0 Å². The van der Waals surface area contributed by atoms with Gasteiger partial charge in [0.2, 0.25) is 0 Å². The normalized spacial score (nSPS) is 18.2. The number of aromatic hydroxyl groups is 1. The summed E-state index contributed by atoms with van der Waals surface area (Å²) in [5.74, 6) is -0.122. The summed E-state index contributed by atoms with van der Waals surface area (Å²) in [6.45, 7) is 7.64. The maximum atomic E-state index is 11.4. The molecule has 1 aliphatic rings. The second-order valence-electron chi connectivity index (χ2n) is 11.6. The fourth-order valence-corrected chi connectivity index (χ4v) is 6.20. The lowest BCUT2D eigenvalue weighted by Gasteiger charge is -2.47. The summed E-state index contributed by atoms with van der Waals surface area (Å²) in [6, 6.07) is 33.8. The van der Waals surface area contributed by atoms with Crippen LogP contribution in [0.2, 0.25) is 0 Å². The Morgan fingerprint density at radius 3 is 2.32 bits per heavy atom. The van der Waals surface area contributed by atoms with Crippen molar-refractivity contribution in [2.45, 2.75) is 45.1 Å². The van der Waals surface area contributed by atoms with Crippen molar-refractivity contribution in [1.82, 2.24) is 30.0 Å². The van der Waals surface area contributed by atoms with E-state index in [9.17, 15) is 15.0 Å². The molecule has 0 unspecified atom stereocenters. The Morgan fingerprint density at radius 2 is 1.57 bits per heavy atom. The zero-order valence-electron chi connectivity index (χ0n) is 24.9. The summed E-state index contributed by atoms with van der Waals surface area (Å²) in [4.78, 5) is 16.5. The molecule has 0 amide bonds. The van der Waals surface area contributed by atoms with E-state index in [1.54, 1.807) is 28.9 Å². The van der Waals surface area contributed by atoms with Gasteiger partial charge in [-0.05, 0) is 70.8 Å². The first-order chi connectivity index (χ1) is 21.4. The van der Waals surface area contributed by atoms with Gasteiger partial charge in [-0.25, -0.2) is 9.48 Å². The molecule has 9 nitrogen and oxygen atoms in total. The van der Waals surface area contributed by atoms with Gasteiger partial charge in [-0.15, -0.1) is 5.10 Å². The number of piperazine rings is 1. The van der Waals surface area contributed by atoms with Gasteiger partial charge in [0.25, 0.3) is 0 Å². The summed E-state index contributed by atoms with van der Waals surface area (Å²) < 4.78 is 1.68. The first-order valence-corrected chi connectivity index (χ1v) is 14.9. The van der Waals surface area contributed by atoms with Crippen molar-refractivity contribution in [2.75, 3.05) is 13.1 Å². The highest BCUT2D eigenvalue weighted by Gasteiger charge is 2.35. The van der Waals surface area contributed by atoms with Crippen LogP contribution in [0.4, 0.5) is 0 Å². The number of carboxylic acid groups (broad SMARTS) is 1. The van der Waals surface area contributed by atoms with Gasteiger partial charge in [-0.3, -0.25) is 9.80 Å². The molecule has 5 aromatic rings. The van der Waals surface area contributed by atoms with Crippen LogP contribution in [-0.4, -0.2) is 71.4 Å². The Morgan fingerprint density at radius 1 is 0.818 bits per heavy atom. The molecule has 6 rings (SSSR count). The number of nitrogens with zero attached hydrogens (tertiary/aromatic N) is 6. The molecular weight excluding hydrogens is 552 g/mol. The Balaban J connectivity index is 1.26. The van der Waals surface area contributed by atoms with Gasteiger partial charge >= 0.3 is 5.97 Å². The first kappa shape index (κ1) is 29.2. The van der Waals surface area contributed by atoms with Crippen molar-refractivity contribution in [3.8, 4) is 17.1 Å². The zero-order chi connectivity index (χ0) is 30.6. The van der Waals surface area contributed by atoms with Crippen LogP contribution >= 0.6 is 0 Å². The van der Waals surface area contributed by atoms with Crippen LogP contribution in [0.15, 0.2) is 103 Å². The third kappa shape index (κ3) is 6.39. The lowest BCUT2D eigenvalue weighted by atomic mass is 9.92. The van der Waals surface area contributed by atoms with Crippen molar-refractivity contribution in [3.63, 3.8) is 0 Å². The van der Waals surface area contributed by atoms with E-state index in [2.05, 4.69) is 87.7 Å². The van der Waals surface area contributed by atoms with Crippen molar-refractivity contribution < 1.29 is 15.0 Å². The summed E-state index contributed by atoms with van der Waals surface area (Å²) in [7, 11) is 0. The molecule has 9 heteroatoms. The Hall–Kier alpha value is -4.86. The van der Waals surface area contributed by atoms with Crippen LogP contribution in [0.1, 0.15) is 52.5 Å². The number of rotatable bonds is 9. The molecule has 0 saturated carbocycles. The molecule has 224 valence electrons. The van der Waals surface area contributed by atoms with Gasteiger partial charge < -0.3 is 10.2 Å². The van der Waals surface area contributed by atoms with E-state index in [-0.39, 0.29) is 23.4 Å². The Labute approximate surface area is 257 Å². The average molecular weight is 589 g/mol. The molecule has 2 N–H and O–H groups in total. The number of hydrogen-bond donors (Lipinski definition) is 2. The number of aromatic carboxylic acids is 1. The molecule has 1 fully saturated rings. The summed E-state index contributed by atoms with van der Waals surface area (Å²) in [6.07, 6.45) is 0. The molecule has 0 radical (unpaired) electrons. The van der Waals surface area contributed by atoms with Gasteiger partial charge in [0.1, 0.15) is 5.75 Å². The highest BCUT2D eigenvalue weighted by atomic mass is 16.4. The number of hydrogen-bond acceptors (Lipinski definition) is 7. The first-order valence-electron chi connectivity index (χ1n) is 14.9. The number of phenols is 1. The second kappa shape index (κ2) is 12.8. The van der Waals surface area contributed by atoms with E-state index < -0.39 is 5.97 Å². The standard InChI is InChI=1S/C35H36N6O3/c1-24-21-40(25(2)20-39(24)22-26-8-4-3-5-9-26)33(30-11-7-13-32(42)19-30)28-14-16-29(17-15-28)34-36-37-38-41(34)23-27-10-6-12-31(18-27)35(43)44/h3-19,24-25,33,42H,20-23H2,1-2H3,(H,43,44)/t24-,25+,33-/m1/s1. The highest BCUT2D eigenvalue weighted by molar-refractivity contribution is 5.87. The maximum absolute atomic E-state index is 11.4. The monoisotopic (exact) mass is 588 g/mol. The van der Waals surface area contributed by atoms with E-state index in [0.29, 0.717) is 18.4 Å². The number of phenolic OH excluding ortho intramolecular Hbond substituents is 1. The fourth-order valence-electron chi connectivity index (χ4n) is 6.20.